The zero-order valence-corrected chi connectivity index (χ0v) is 11.7. The van der Waals surface area contributed by atoms with Crippen molar-refractivity contribution in [2.24, 2.45) is 0 Å². The Morgan fingerprint density at radius 1 is 1.27 bits per heavy atom. The Balaban J connectivity index is 1.98. The molecule has 22 heavy (non-hydrogen) atoms. The summed E-state index contributed by atoms with van der Waals surface area (Å²) in [4.78, 5) is 8.72. The highest BCUT2D eigenvalue weighted by Gasteiger charge is 2.14. The van der Waals surface area contributed by atoms with Crippen molar-refractivity contribution in [1.29, 1.82) is 5.26 Å². The minimum Gasteiger partial charge on any atom is -0.464 e. The van der Waals surface area contributed by atoms with Crippen molar-refractivity contribution in [1.82, 2.24) is 14.4 Å². The average molecular weight is 289 g/mol. The molecule has 0 saturated carbocycles. The number of rotatable bonds is 2. The summed E-state index contributed by atoms with van der Waals surface area (Å²) in [5.41, 5.74) is 3.64. The highest BCUT2D eigenvalue weighted by atomic mass is 16.3. The van der Waals surface area contributed by atoms with Crippen molar-refractivity contribution in [2.75, 3.05) is 12.4 Å². The normalized spacial score (nSPS) is 10.9. The number of furan rings is 1. The fourth-order valence-electron chi connectivity index (χ4n) is 2.56. The molecule has 1 N–H and O–H groups in total. The molecule has 6 heteroatoms. The van der Waals surface area contributed by atoms with Crippen LogP contribution in [0.15, 0.2) is 47.3 Å². The lowest BCUT2D eigenvalue weighted by Crippen LogP contribution is -1.97. The monoisotopic (exact) mass is 289 g/mol. The van der Waals surface area contributed by atoms with E-state index in [1.54, 1.807) is 18.7 Å². The highest BCUT2D eigenvalue weighted by molar-refractivity contribution is 5.86. The molecule has 4 rings (SSSR count). The lowest BCUT2D eigenvalue weighted by molar-refractivity contribution is 0.616. The second kappa shape index (κ2) is 4.60. The van der Waals surface area contributed by atoms with Gasteiger partial charge < -0.3 is 9.73 Å². The molecule has 0 radical (unpaired) electrons. The molecule has 0 aliphatic carbocycles. The number of hydrogen-bond donors (Lipinski definition) is 1. The molecule has 0 saturated heterocycles. The maximum Gasteiger partial charge on any atom is 0.145 e. The summed E-state index contributed by atoms with van der Waals surface area (Å²) in [7, 11) is 1.83. The fourth-order valence-corrected chi connectivity index (χ4v) is 2.56. The van der Waals surface area contributed by atoms with E-state index >= 15 is 0 Å². The van der Waals surface area contributed by atoms with Crippen molar-refractivity contribution in [3.8, 4) is 17.3 Å². The second-order valence-corrected chi connectivity index (χ2v) is 4.85. The summed E-state index contributed by atoms with van der Waals surface area (Å²) < 4.78 is 7.20. The van der Waals surface area contributed by atoms with Gasteiger partial charge in [-0.25, -0.2) is 9.97 Å². The number of aromatic nitrogens is 3. The van der Waals surface area contributed by atoms with Gasteiger partial charge in [-0.2, -0.15) is 5.26 Å². The molecule has 4 aromatic rings. The quantitative estimate of drug-likeness (QED) is 0.613. The van der Waals surface area contributed by atoms with E-state index in [1.165, 1.54) is 0 Å². The van der Waals surface area contributed by atoms with E-state index in [1.807, 2.05) is 41.8 Å². The molecule has 0 aliphatic heterocycles. The minimum absolute atomic E-state index is 0.344. The van der Waals surface area contributed by atoms with Crippen LogP contribution in [0.3, 0.4) is 0 Å². The van der Waals surface area contributed by atoms with Gasteiger partial charge in [0.1, 0.15) is 40.8 Å². The topological polar surface area (TPSA) is 79.2 Å². The number of benzene rings is 1. The number of anilines is 1. The Hall–Kier alpha value is -3.33. The molecule has 0 aliphatic rings. The Morgan fingerprint density at radius 3 is 3.00 bits per heavy atom. The standard InChI is InChI=1S/C16H11N5O/c1-18-16-15(11-2-3-13-10(6-11)4-5-22-13)20-14-7-12(8-17)19-9-21(14)16/h2-7,9,18H,1H3. The summed E-state index contributed by atoms with van der Waals surface area (Å²) in [6, 6.07) is 11.5. The van der Waals surface area contributed by atoms with Crippen LogP contribution in [0.2, 0.25) is 0 Å². The second-order valence-electron chi connectivity index (χ2n) is 4.85. The van der Waals surface area contributed by atoms with Gasteiger partial charge in [-0.15, -0.1) is 0 Å². The largest absolute Gasteiger partial charge is 0.464 e. The molecule has 3 heterocycles. The van der Waals surface area contributed by atoms with E-state index in [9.17, 15) is 0 Å². The Labute approximate surface area is 125 Å². The zero-order valence-electron chi connectivity index (χ0n) is 11.7. The SMILES string of the molecule is CNc1c(-c2ccc3occc3c2)nc2cc(C#N)ncn12. The molecule has 0 unspecified atom stereocenters. The van der Waals surface area contributed by atoms with Gasteiger partial charge in [0.25, 0.3) is 0 Å². The number of nitrogens with zero attached hydrogens (tertiary/aromatic N) is 4. The number of fused-ring (bicyclic) bond motifs is 2. The van der Waals surface area contributed by atoms with Gasteiger partial charge in [0, 0.05) is 24.1 Å². The average Bonchev–Trinajstić information content (AvgIpc) is 3.16. The molecular formula is C16H11N5O. The van der Waals surface area contributed by atoms with Gasteiger partial charge in [0.15, 0.2) is 0 Å². The van der Waals surface area contributed by atoms with Crippen molar-refractivity contribution in [2.45, 2.75) is 0 Å². The summed E-state index contributed by atoms with van der Waals surface area (Å²) in [6.07, 6.45) is 3.27. The van der Waals surface area contributed by atoms with E-state index in [2.05, 4.69) is 15.3 Å². The number of hydrogen-bond acceptors (Lipinski definition) is 5. The Kier molecular flexibility index (Phi) is 2.60. The van der Waals surface area contributed by atoms with Crippen molar-refractivity contribution in [3.63, 3.8) is 0 Å². The van der Waals surface area contributed by atoms with Gasteiger partial charge in [-0.1, -0.05) is 0 Å². The van der Waals surface area contributed by atoms with E-state index in [-0.39, 0.29) is 0 Å². The first kappa shape index (κ1) is 12.4. The first-order chi connectivity index (χ1) is 10.8. The maximum absolute atomic E-state index is 8.97. The molecule has 0 atom stereocenters. The molecule has 3 aromatic heterocycles. The Morgan fingerprint density at radius 2 is 2.18 bits per heavy atom. The van der Waals surface area contributed by atoms with E-state index in [0.29, 0.717) is 11.3 Å². The summed E-state index contributed by atoms with van der Waals surface area (Å²) in [5, 5.41) is 13.1. The third-order valence-corrected chi connectivity index (χ3v) is 3.59. The summed E-state index contributed by atoms with van der Waals surface area (Å²) in [6.45, 7) is 0. The van der Waals surface area contributed by atoms with Gasteiger partial charge in [0.05, 0.1) is 6.26 Å². The van der Waals surface area contributed by atoms with Gasteiger partial charge in [0.2, 0.25) is 0 Å². The smallest absolute Gasteiger partial charge is 0.145 e. The van der Waals surface area contributed by atoms with Gasteiger partial charge >= 0.3 is 0 Å². The van der Waals surface area contributed by atoms with Gasteiger partial charge in [-0.05, 0) is 24.3 Å². The minimum atomic E-state index is 0.344. The van der Waals surface area contributed by atoms with E-state index in [4.69, 9.17) is 9.68 Å². The maximum atomic E-state index is 8.97. The van der Waals surface area contributed by atoms with Crippen LogP contribution in [0, 0.1) is 11.3 Å². The molecule has 6 nitrogen and oxygen atoms in total. The molecule has 0 amide bonds. The number of imidazole rings is 1. The van der Waals surface area contributed by atoms with Crippen LogP contribution in [-0.4, -0.2) is 21.4 Å². The van der Waals surface area contributed by atoms with Crippen molar-refractivity contribution in [3.05, 3.63) is 48.6 Å². The van der Waals surface area contributed by atoms with Crippen molar-refractivity contribution < 1.29 is 4.42 Å². The third-order valence-electron chi connectivity index (χ3n) is 3.59. The summed E-state index contributed by atoms with van der Waals surface area (Å²) in [5.74, 6) is 0.829. The van der Waals surface area contributed by atoms with Gasteiger partial charge in [-0.3, -0.25) is 4.40 Å². The van der Waals surface area contributed by atoms with Crippen LogP contribution < -0.4 is 5.32 Å². The van der Waals surface area contributed by atoms with Crippen LogP contribution in [0.1, 0.15) is 5.69 Å². The lowest BCUT2D eigenvalue weighted by atomic mass is 10.1. The Bertz CT molecular complexity index is 1040. The first-order valence-electron chi connectivity index (χ1n) is 6.74. The van der Waals surface area contributed by atoms with Crippen LogP contribution in [0.5, 0.6) is 0 Å². The first-order valence-corrected chi connectivity index (χ1v) is 6.74. The molecule has 1 aromatic carbocycles. The van der Waals surface area contributed by atoms with Crippen molar-refractivity contribution >= 4 is 22.4 Å². The zero-order chi connectivity index (χ0) is 15.1. The highest BCUT2D eigenvalue weighted by Crippen LogP contribution is 2.30. The predicted octanol–water partition coefficient (Wildman–Crippen LogP) is 3.06. The third kappa shape index (κ3) is 1.73. The molecular weight excluding hydrogens is 278 g/mol. The molecule has 106 valence electrons. The van der Waals surface area contributed by atoms with E-state index < -0.39 is 0 Å². The van der Waals surface area contributed by atoms with Crippen LogP contribution >= 0.6 is 0 Å². The predicted molar refractivity (Wildman–Crippen MR) is 82.5 cm³/mol. The molecule has 0 spiro atoms. The van der Waals surface area contributed by atoms with Crippen LogP contribution in [0.25, 0.3) is 27.9 Å². The van der Waals surface area contributed by atoms with E-state index in [0.717, 1.165) is 28.0 Å². The fraction of sp³-hybridized carbons (Fsp3) is 0.0625. The van der Waals surface area contributed by atoms with Crippen LogP contribution in [-0.2, 0) is 0 Å². The summed E-state index contributed by atoms with van der Waals surface area (Å²) >= 11 is 0. The molecule has 0 fully saturated rings. The molecule has 0 bridgehead atoms. The lowest BCUT2D eigenvalue weighted by Gasteiger charge is -2.03. The number of nitriles is 1. The number of nitrogens with one attached hydrogen (secondary N) is 1. The van der Waals surface area contributed by atoms with Crippen LogP contribution in [0.4, 0.5) is 5.82 Å².